The van der Waals surface area contributed by atoms with Gasteiger partial charge in [0.1, 0.15) is 6.04 Å². The van der Waals surface area contributed by atoms with Gasteiger partial charge in [-0.15, -0.1) is 0 Å². The van der Waals surface area contributed by atoms with E-state index in [9.17, 15) is 4.79 Å². The van der Waals surface area contributed by atoms with Crippen LogP contribution in [0.5, 0.6) is 0 Å². The lowest BCUT2D eigenvalue weighted by molar-refractivity contribution is -0.118. The summed E-state index contributed by atoms with van der Waals surface area (Å²) in [5.41, 5.74) is 2.66. The van der Waals surface area contributed by atoms with Gasteiger partial charge in [-0.05, 0) is 40.0 Å². The second-order valence-corrected chi connectivity index (χ2v) is 7.78. The van der Waals surface area contributed by atoms with Gasteiger partial charge in [0.25, 0.3) is 0 Å². The Bertz CT molecular complexity index is 839. The fourth-order valence-corrected chi connectivity index (χ4v) is 3.87. The van der Waals surface area contributed by atoms with Crippen molar-refractivity contribution < 1.29 is 4.79 Å². The minimum Gasteiger partial charge on any atom is -0.326 e. The van der Waals surface area contributed by atoms with Gasteiger partial charge < -0.3 is 5.32 Å². The Labute approximate surface area is 142 Å². The predicted molar refractivity (Wildman–Crippen MR) is 88.8 cm³/mol. The van der Waals surface area contributed by atoms with E-state index in [-0.39, 0.29) is 17.2 Å². The molecule has 0 radical (unpaired) electrons. The number of hydrogen-bond acceptors (Lipinski definition) is 5. The number of ketones is 1. The number of aromatic nitrogens is 4. The van der Waals surface area contributed by atoms with Gasteiger partial charge in [0.15, 0.2) is 5.78 Å². The molecule has 1 aliphatic heterocycles. The van der Waals surface area contributed by atoms with E-state index < -0.39 is 0 Å². The number of rotatable bonds is 1. The van der Waals surface area contributed by atoms with E-state index in [1.807, 2.05) is 24.3 Å². The zero-order valence-electron chi connectivity index (χ0n) is 12.9. The summed E-state index contributed by atoms with van der Waals surface area (Å²) < 4.78 is 2.66. The monoisotopic (exact) mass is 373 g/mol. The molecule has 0 spiro atoms. The van der Waals surface area contributed by atoms with Crippen molar-refractivity contribution in [2.24, 2.45) is 5.41 Å². The largest absolute Gasteiger partial charge is 0.326 e. The van der Waals surface area contributed by atoms with Crippen LogP contribution in [0.25, 0.3) is 0 Å². The molecular weight excluding hydrogens is 358 g/mol. The van der Waals surface area contributed by atoms with Crippen LogP contribution < -0.4 is 5.32 Å². The Morgan fingerprint density at radius 3 is 2.96 bits per heavy atom. The molecule has 2 heterocycles. The van der Waals surface area contributed by atoms with Crippen LogP contribution in [0, 0.1) is 5.41 Å². The first-order valence-corrected chi connectivity index (χ1v) is 8.30. The van der Waals surface area contributed by atoms with Gasteiger partial charge in [-0.1, -0.05) is 47.0 Å². The molecular formula is C16H16BrN5O. The summed E-state index contributed by atoms with van der Waals surface area (Å²) in [5, 5.41) is 15.2. The van der Waals surface area contributed by atoms with E-state index in [2.05, 4.69) is 50.6 Å². The highest BCUT2D eigenvalue weighted by Gasteiger charge is 2.41. The molecule has 1 aliphatic carbocycles. The van der Waals surface area contributed by atoms with Crippen molar-refractivity contribution in [1.29, 1.82) is 0 Å². The normalized spacial score (nSPS) is 22.4. The van der Waals surface area contributed by atoms with E-state index in [0.29, 0.717) is 12.4 Å². The summed E-state index contributed by atoms with van der Waals surface area (Å²) >= 11 is 3.50. The fourth-order valence-electron chi connectivity index (χ4n) is 3.46. The van der Waals surface area contributed by atoms with Gasteiger partial charge in [-0.2, -0.15) is 4.68 Å². The Kier molecular flexibility index (Phi) is 3.16. The van der Waals surface area contributed by atoms with Crippen LogP contribution in [-0.2, 0) is 4.79 Å². The second-order valence-electron chi connectivity index (χ2n) is 6.86. The maximum absolute atomic E-state index is 12.9. The lowest BCUT2D eigenvalue weighted by Crippen LogP contribution is -2.36. The smallest absolute Gasteiger partial charge is 0.248 e. The van der Waals surface area contributed by atoms with Crippen LogP contribution in [0.4, 0.5) is 5.95 Å². The number of benzene rings is 1. The summed E-state index contributed by atoms with van der Waals surface area (Å²) in [7, 11) is 0. The molecule has 4 rings (SSSR count). The number of fused-ring (bicyclic) bond motifs is 1. The fraction of sp³-hybridized carbons (Fsp3) is 0.375. The quantitative estimate of drug-likeness (QED) is 0.831. The van der Waals surface area contributed by atoms with Gasteiger partial charge in [0, 0.05) is 22.2 Å². The van der Waals surface area contributed by atoms with Crippen LogP contribution >= 0.6 is 15.9 Å². The summed E-state index contributed by atoms with van der Waals surface area (Å²) in [6.07, 6.45) is 1.35. The van der Waals surface area contributed by atoms with Crippen molar-refractivity contribution in [1.82, 2.24) is 20.2 Å². The number of nitrogens with one attached hydrogen (secondary N) is 1. The number of Topliss-reactive ketones (excluding diaryl/α,β-unsaturated/α-hetero) is 1. The molecule has 1 aromatic heterocycles. The zero-order chi connectivity index (χ0) is 16.2. The number of tetrazole rings is 1. The van der Waals surface area contributed by atoms with E-state index >= 15 is 0 Å². The Morgan fingerprint density at radius 2 is 2.17 bits per heavy atom. The summed E-state index contributed by atoms with van der Waals surface area (Å²) in [4.78, 5) is 12.9. The topological polar surface area (TPSA) is 72.7 Å². The van der Waals surface area contributed by atoms with Crippen LogP contribution in [0.15, 0.2) is 40.0 Å². The lowest BCUT2D eigenvalue weighted by Gasteiger charge is -2.37. The summed E-state index contributed by atoms with van der Waals surface area (Å²) in [6.45, 7) is 4.23. The molecule has 0 fully saturated rings. The van der Waals surface area contributed by atoms with Crippen LogP contribution in [0.1, 0.15) is 38.3 Å². The SMILES string of the molecule is CC1(C)CC(=O)C2=C(C1)Nc1nnnn1[C@@H]2c1cccc(Br)c1. The predicted octanol–water partition coefficient (Wildman–Crippen LogP) is 3.09. The van der Waals surface area contributed by atoms with Crippen molar-refractivity contribution in [2.75, 3.05) is 5.32 Å². The molecule has 6 nitrogen and oxygen atoms in total. The third-order valence-corrected chi connectivity index (χ3v) is 4.85. The number of nitrogens with zero attached hydrogens (tertiary/aromatic N) is 4. The number of carbonyl (C=O) groups is 1. The Morgan fingerprint density at radius 1 is 1.35 bits per heavy atom. The van der Waals surface area contributed by atoms with Gasteiger partial charge in [0.2, 0.25) is 5.95 Å². The highest BCUT2D eigenvalue weighted by atomic mass is 79.9. The van der Waals surface area contributed by atoms with Gasteiger partial charge in [-0.25, -0.2) is 0 Å². The van der Waals surface area contributed by atoms with Crippen molar-refractivity contribution in [3.8, 4) is 0 Å². The summed E-state index contributed by atoms with van der Waals surface area (Å²) in [6, 6.07) is 7.66. The molecule has 0 amide bonds. The number of anilines is 1. The first-order chi connectivity index (χ1) is 10.9. The molecule has 7 heteroatoms. The maximum atomic E-state index is 12.9. The molecule has 2 aliphatic rings. The van der Waals surface area contributed by atoms with Crippen molar-refractivity contribution in [3.05, 3.63) is 45.6 Å². The first kappa shape index (κ1) is 14.6. The van der Waals surface area contributed by atoms with Crippen molar-refractivity contribution in [2.45, 2.75) is 32.7 Å². The molecule has 23 heavy (non-hydrogen) atoms. The highest BCUT2D eigenvalue weighted by molar-refractivity contribution is 9.10. The van der Waals surface area contributed by atoms with Crippen LogP contribution in [0.2, 0.25) is 0 Å². The number of allylic oxidation sites excluding steroid dienone is 2. The van der Waals surface area contributed by atoms with Crippen LogP contribution in [-0.4, -0.2) is 26.0 Å². The number of hydrogen-bond donors (Lipinski definition) is 1. The first-order valence-electron chi connectivity index (χ1n) is 7.51. The van der Waals surface area contributed by atoms with Crippen molar-refractivity contribution >= 4 is 27.7 Å². The van der Waals surface area contributed by atoms with Gasteiger partial charge in [-0.3, -0.25) is 4.79 Å². The number of halogens is 1. The third kappa shape index (κ3) is 2.39. The molecule has 1 atom stereocenters. The van der Waals surface area contributed by atoms with E-state index in [0.717, 1.165) is 27.7 Å². The zero-order valence-corrected chi connectivity index (χ0v) is 14.5. The summed E-state index contributed by atoms with van der Waals surface area (Å²) in [5.74, 6) is 0.745. The maximum Gasteiger partial charge on any atom is 0.248 e. The average Bonchev–Trinajstić information content (AvgIpc) is 2.91. The molecule has 1 aromatic carbocycles. The highest BCUT2D eigenvalue weighted by Crippen LogP contribution is 2.45. The molecule has 1 N–H and O–H groups in total. The second kappa shape index (κ2) is 4.99. The Balaban J connectivity index is 1.91. The van der Waals surface area contributed by atoms with E-state index in [4.69, 9.17) is 0 Å². The number of carbonyl (C=O) groups excluding carboxylic acids is 1. The average molecular weight is 374 g/mol. The van der Waals surface area contributed by atoms with Crippen molar-refractivity contribution in [3.63, 3.8) is 0 Å². The lowest BCUT2D eigenvalue weighted by atomic mass is 9.73. The van der Waals surface area contributed by atoms with E-state index in [1.54, 1.807) is 4.68 Å². The molecule has 118 valence electrons. The minimum absolute atomic E-state index is 0.0552. The Hall–Kier alpha value is -2.02. The van der Waals surface area contributed by atoms with Crippen LogP contribution in [0.3, 0.4) is 0 Å². The molecule has 0 saturated heterocycles. The third-order valence-electron chi connectivity index (χ3n) is 4.36. The molecule has 2 aromatic rings. The standard InChI is InChI=1S/C16H16BrN5O/c1-16(2)7-11-13(12(23)8-16)14(9-4-3-5-10(17)6-9)22-15(18-11)19-20-21-22/h3-6,14H,7-8H2,1-2H3,(H,18,19,21)/t14-/m1/s1. The minimum atomic E-state index is -0.280. The van der Waals surface area contributed by atoms with Gasteiger partial charge in [0.05, 0.1) is 0 Å². The molecule has 0 bridgehead atoms. The van der Waals surface area contributed by atoms with Gasteiger partial charge >= 0.3 is 0 Å². The molecule has 0 saturated carbocycles. The molecule has 0 unspecified atom stereocenters. The van der Waals surface area contributed by atoms with E-state index in [1.165, 1.54) is 0 Å².